The normalized spacial score (nSPS) is 20.0. The lowest BCUT2D eigenvalue weighted by molar-refractivity contribution is 0.0376. The predicted octanol–water partition coefficient (Wildman–Crippen LogP) is 5.03. The molecule has 2 aliphatic heterocycles. The Morgan fingerprint density at radius 3 is 2.00 bits per heavy atom. The number of β-amino-alcohol motifs (C(OH)–C–C–N with tert-alkyl or cyclic N) is 1. The van der Waals surface area contributed by atoms with Crippen molar-refractivity contribution in [2.24, 2.45) is 0 Å². The molecule has 38 heavy (non-hydrogen) atoms. The number of hydrogen-bond donors (Lipinski definition) is 2. The van der Waals surface area contributed by atoms with Crippen LogP contribution >= 0.6 is 34.8 Å². The number of aliphatic hydroxyl groups is 1. The van der Waals surface area contributed by atoms with Crippen LogP contribution in [-0.4, -0.2) is 83.0 Å². The van der Waals surface area contributed by atoms with Gasteiger partial charge in [-0.25, -0.2) is 0 Å². The van der Waals surface area contributed by atoms with Crippen LogP contribution in [0.4, 0.5) is 11.4 Å². The highest BCUT2D eigenvalue weighted by Crippen LogP contribution is 2.29. The molecule has 5 rings (SSSR count). The first kappa shape index (κ1) is 26.8. The first-order chi connectivity index (χ1) is 18.3. The summed E-state index contributed by atoms with van der Waals surface area (Å²) in [5.41, 5.74) is 2.43. The lowest BCUT2D eigenvalue weighted by Gasteiger charge is -2.38. The largest absolute Gasteiger partial charge is 0.390 e. The van der Waals surface area contributed by atoms with Gasteiger partial charge in [0.2, 0.25) is 0 Å². The fourth-order valence-electron chi connectivity index (χ4n) is 4.99. The maximum absolute atomic E-state index is 13.5. The second-order valence-electron chi connectivity index (χ2n) is 9.50. The second kappa shape index (κ2) is 11.5. The quantitative estimate of drug-likeness (QED) is 0.448. The van der Waals surface area contributed by atoms with Crippen LogP contribution in [0.2, 0.25) is 15.1 Å². The molecule has 2 unspecified atom stereocenters. The van der Waals surface area contributed by atoms with E-state index in [1.54, 1.807) is 59.5 Å². The number of benzene rings is 3. The molecule has 0 saturated carbocycles. The van der Waals surface area contributed by atoms with E-state index in [-0.39, 0.29) is 24.4 Å². The number of halogens is 3. The molecule has 2 heterocycles. The van der Waals surface area contributed by atoms with Crippen LogP contribution in [0.1, 0.15) is 20.7 Å². The third-order valence-corrected chi connectivity index (χ3v) is 7.78. The summed E-state index contributed by atoms with van der Waals surface area (Å²) >= 11 is 18.2. The van der Waals surface area contributed by atoms with Gasteiger partial charge in [0.15, 0.2) is 0 Å². The summed E-state index contributed by atoms with van der Waals surface area (Å²) < 4.78 is 0. The number of rotatable bonds is 5. The van der Waals surface area contributed by atoms with Crippen LogP contribution in [0.3, 0.4) is 0 Å². The van der Waals surface area contributed by atoms with Gasteiger partial charge in [-0.15, -0.1) is 0 Å². The number of nitrogens with zero attached hydrogens (tertiary/aromatic N) is 3. The van der Waals surface area contributed by atoms with Crippen molar-refractivity contribution in [3.8, 4) is 0 Å². The fraction of sp³-hybridized carbons (Fsp3) is 0.286. The summed E-state index contributed by atoms with van der Waals surface area (Å²) in [6, 6.07) is 18.9. The number of aliphatic hydroxyl groups excluding tert-OH is 1. The van der Waals surface area contributed by atoms with Crippen molar-refractivity contribution in [3.05, 3.63) is 92.9 Å². The number of piperazine rings is 1. The Morgan fingerprint density at radius 1 is 0.737 bits per heavy atom. The number of likely N-dealkylation sites (tertiary alicyclic amines) is 1. The first-order valence-electron chi connectivity index (χ1n) is 12.4. The minimum Gasteiger partial charge on any atom is -0.390 e. The number of nitrogens with one attached hydrogen (secondary N) is 1. The number of anilines is 2. The maximum Gasteiger partial charge on any atom is 0.256 e. The number of carbonyl (C=O) groups is 2. The van der Waals surface area contributed by atoms with Crippen LogP contribution in [0.15, 0.2) is 66.7 Å². The van der Waals surface area contributed by atoms with E-state index in [1.807, 2.05) is 17.0 Å². The SMILES string of the molecule is O=C(c1ccc(Cl)cc1)N1CCN(C2CN(C(=O)c3ccc(Cl)cc3Nc3ccc(Cl)cc3)CC2O)CC1. The molecule has 10 heteroatoms. The number of hydrogen-bond acceptors (Lipinski definition) is 5. The van der Waals surface area contributed by atoms with E-state index in [0.717, 1.165) is 5.69 Å². The molecule has 0 aliphatic carbocycles. The third-order valence-electron chi connectivity index (χ3n) is 7.04. The van der Waals surface area contributed by atoms with Crippen LogP contribution in [0.5, 0.6) is 0 Å². The van der Waals surface area contributed by atoms with Gasteiger partial charge >= 0.3 is 0 Å². The van der Waals surface area contributed by atoms with Crippen molar-refractivity contribution in [2.75, 3.05) is 44.6 Å². The first-order valence-corrected chi connectivity index (χ1v) is 13.5. The smallest absolute Gasteiger partial charge is 0.256 e. The maximum atomic E-state index is 13.5. The summed E-state index contributed by atoms with van der Waals surface area (Å²) in [5, 5.41) is 15.8. The molecule has 0 aromatic heterocycles. The monoisotopic (exact) mass is 572 g/mol. The van der Waals surface area contributed by atoms with Crippen molar-refractivity contribution in [1.29, 1.82) is 0 Å². The lowest BCUT2D eigenvalue weighted by atomic mass is 10.1. The average Bonchev–Trinajstić information content (AvgIpc) is 3.31. The van der Waals surface area contributed by atoms with Gasteiger partial charge in [0.05, 0.1) is 23.4 Å². The van der Waals surface area contributed by atoms with Gasteiger partial charge in [0, 0.05) is 65.6 Å². The Labute approximate surface area is 236 Å². The van der Waals surface area contributed by atoms with E-state index < -0.39 is 6.10 Å². The standard InChI is InChI=1S/C28H27Cl3N4O3/c29-19-3-1-18(2-4-19)27(37)34-13-11-33(12-14-34)25-16-35(17-26(25)36)28(38)23-10-7-21(31)15-24(23)32-22-8-5-20(30)6-9-22/h1-10,15,25-26,32,36H,11-14,16-17H2. The minimum absolute atomic E-state index is 0.0338. The Morgan fingerprint density at radius 2 is 1.34 bits per heavy atom. The van der Waals surface area contributed by atoms with Crippen molar-refractivity contribution in [1.82, 2.24) is 14.7 Å². The van der Waals surface area contributed by atoms with Gasteiger partial charge in [-0.1, -0.05) is 34.8 Å². The van der Waals surface area contributed by atoms with Crippen molar-refractivity contribution in [2.45, 2.75) is 12.1 Å². The van der Waals surface area contributed by atoms with E-state index in [1.165, 1.54) is 0 Å². The minimum atomic E-state index is -0.683. The highest BCUT2D eigenvalue weighted by molar-refractivity contribution is 6.31. The van der Waals surface area contributed by atoms with Crippen LogP contribution in [0.25, 0.3) is 0 Å². The van der Waals surface area contributed by atoms with Gasteiger partial charge < -0.3 is 20.2 Å². The fourth-order valence-corrected chi connectivity index (χ4v) is 5.42. The molecule has 198 valence electrons. The average molecular weight is 574 g/mol. The topological polar surface area (TPSA) is 76.1 Å². The van der Waals surface area contributed by atoms with Gasteiger partial charge in [0.1, 0.15) is 0 Å². The molecule has 2 N–H and O–H groups in total. The molecule has 3 aromatic rings. The summed E-state index contributed by atoms with van der Waals surface area (Å²) in [5.74, 6) is -0.218. The molecule has 2 saturated heterocycles. The molecule has 7 nitrogen and oxygen atoms in total. The molecule has 0 spiro atoms. The van der Waals surface area contributed by atoms with E-state index in [0.29, 0.717) is 64.6 Å². The van der Waals surface area contributed by atoms with Gasteiger partial charge in [-0.2, -0.15) is 0 Å². The third kappa shape index (κ3) is 5.92. The van der Waals surface area contributed by atoms with Gasteiger partial charge in [0.25, 0.3) is 11.8 Å². The predicted molar refractivity (Wildman–Crippen MR) is 151 cm³/mol. The van der Waals surface area contributed by atoms with Crippen LogP contribution in [0, 0.1) is 0 Å². The Bertz CT molecular complexity index is 1310. The Hall–Kier alpha value is -2.81. The van der Waals surface area contributed by atoms with E-state index in [9.17, 15) is 14.7 Å². The molecule has 3 aromatic carbocycles. The molecule has 2 atom stereocenters. The Kier molecular flexibility index (Phi) is 8.12. The van der Waals surface area contributed by atoms with Crippen molar-refractivity contribution >= 4 is 58.0 Å². The zero-order valence-electron chi connectivity index (χ0n) is 20.5. The highest BCUT2D eigenvalue weighted by Gasteiger charge is 2.39. The van der Waals surface area contributed by atoms with E-state index >= 15 is 0 Å². The van der Waals surface area contributed by atoms with E-state index in [4.69, 9.17) is 34.8 Å². The zero-order valence-corrected chi connectivity index (χ0v) is 22.8. The summed E-state index contributed by atoms with van der Waals surface area (Å²) in [6.45, 7) is 2.96. The summed E-state index contributed by atoms with van der Waals surface area (Å²) in [4.78, 5) is 32.0. The zero-order chi connectivity index (χ0) is 26.8. The molecule has 0 radical (unpaired) electrons. The lowest BCUT2D eigenvalue weighted by Crippen LogP contribution is -2.54. The number of amides is 2. The van der Waals surface area contributed by atoms with Crippen LogP contribution in [-0.2, 0) is 0 Å². The van der Waals surface area contributed by atoms with Crippen LogP contribution < -0.4 is 5.32 Å². The molecule has 2 fully saturated rings. The van der Waals surface area contributed by atoms with Gasteiger partial charge in [-0.3, -0.25) is 14.5 Å². The second-order valence-corrected chi connectivity index (χ2v) is 10.8. The molecule has 2 amide bonds. The summed E-state index contributed by atoms with van der Waals surface area (Å²) in [6.07, 6.45) is -0.683. The summed E-state index contributed by atoms with van der Waals surface area (Å²) in [7, 11) is 0. The molecule has 0 bridgehead atoms. The van der Waals surface area contributed by atoms with Gasteiger partial charge in [-0.05, 0) is 66.7 Å². The highest BCUT2D eigenvalue weighted by atomic mass is 35.5. The number of carbonyl (C=O) groups excluding carboxylic acids is 2. The van der Waals surface area contributed by atoms with E-state index in [2.05, 4.69) is 10.2 Å². The Balaban J connectivity index is 1.23. The molecular weight excluding hydrogens is 547 g/mol. The van der Waals surface area contributed by atoms with Crippen molar-refractivity contribution in [3.63, 3.8) is 0 Å². The molecule has 2 aliphatic rings. The molecular formula is C28H27Cl3N4O3. The van der Waals surface area contributed by atoms with Crippen molar-refractivity contribution < 1.29 is 14.7 Å².